The highest BCUT2D eigenvalue weighted by Crippen LogP contribution is 2.38. The fourth-order valence-corrected chi connectivity index (χ4v) is 3.59. The summed E-state index contributed by atoms with van der Waals surface area (Å²) in [7, 11) is 0. The normalized spacial score (nSPS) is 11.0. The fourth-order valence-electron chi connectivity index (χ4n) is 3.59. The number of benzene rings is 2. The SMILES string of the molecule is CCOc1c(-c2ccccc2)c[n+](-c2ncnc3[nH]cnc23)cc1-c1ccccc1. The largest absolute Gasteiger partial charge is 0.492 e. The Morgan fingerprint density at radius 1 is 0.833 bits per heavy atom. The number of hydrogen-bond donors (Lipinski definition) is 1. The third-order valence-electron chi connectivity index (χ3n) is 4.93. The summed E-state index contributed by atoms with van der Waals surface area (Å²) in [6.45, 7) is 2.57. The van der Waals surface area contributed by atoms with Crippen molar-refractivity contribution in [1.82, 2.24) is 19.9 Å². The lowest BCUT2D eigenvalue weighted by Gasteiger charge is -2.16. The van der Waals surface area contributed by atoms with Crippen LogP contribution < -0.4 is 9.30 Å². The number of hydrogen-bond acceptors (Lipinski definition) is 4. The Bertz CT molecular complexity index is 1240. The molecule has 5 aromatic rings. The lowest BCUT2D eigenvalue weighted by Crippen LogP contribution is -2.32. The average molecular weight is 394 g/mol. The lowest BCUT2D eigenvalue weighted by molar-refractivity contribution is -0.597. The highest BCUT2D eigenvalue weighted by Gasteiger charge is 2.23. The van der Waals surface area contributed by atoms with Gasteiger partial charge in [-0.15, -0.1) is 0 Å². The van der Waals surface area contributed by atoms with Crippen molar-refractivity contribution < 1.29 is 9.30 Å². The molecule has 0 aliphatic rings. The van der Waals surface area contributed by atoms with Crippen molar-refractivity contribution in [2.45, 2.75) is 6.92 Å². The van der Waals surface area contributed by atoms with Crippen LogP contribution >= 0.6 is 0 Å². The number of rotatable bonds is 5. The molecule has 30 heavy (non-hydrogen) atoms. The van der Waals surface area contributed by atoms with Gasteiger partial charge in [0.15, 0.2) is 5.65 Å². The molecule has 0 atom stereocenters. The number of nitrogens with zero attached hydrogens (tertiary/aromatic N) is 4. The predicted octanol–water partition coefficient (Wildman–Crippen LogP) is 4.36. The molecule has 0 aliphatic carbocycles. The van der Waals surface area contributed by atoms with Crippen molar-refractivity contribution in [3.05, 3.63) is 85.7 Å². The topological polar surface area (TPSA) is 67.6 Å². The van der Waals surface area contributed by atoms with E-state index in [1.807, 2.05) is 60.3 Å². The van der Waals surface area contributed by atoms with Crippen molar-refractivity contribution in [3.63, 3.8) is 0 Å². The van der Waals surface area contributed by atoms with Crippen molar-refractivity contribution >= 4 is 11.2 Å². The molecule has 0 radical (unpaired) electrons. The summed E-state index contributed by atoms with van der Waals surface area (Å²) in [5.74, 6) is 1.55. The monoisotopic (exact) mass is 394 g/mol. The maximum Gasteiger partial charge on any atom is 0.359 e. The van der Waals surface area contributed by atoms with Gasteiger partial charge in [0.1, 0.15) is 18.1 Å². The molecule has 3 aromatic heterocycles. The first-order valence-corrected chi connectivity index (χ1v) is 9.82. The second kappa shape index (κ2) is 7.75. The zero-order valence-electron chi connectivity index (χ0n) is 16.5. The van der Waals surface area contributed by atoms with E-state index < -0.39 is 0 Å². The molecular formula is C24H20N5O+. The molecule has 3 heterocycles. The van der Waals surface area contributed by atoms with Gasteiger partial charge in [-0.3, -0.25) is 0 Å². The standard InChI is InChI=1S/C24H20N5O/c1-2-30-22-19(17-9-5-3-6-10-17)13-29(14-20(22)18-11-7-4-8-12-18)24-21-23(26-15-25-21)27-16-28-24/h3-16H,2H2,1H3,(H,25,26,27,28)/q+1. The molecule has 6 heteroatoms. The Morgan fingerprint density at radius 2 is 1.47 bits per heavy atom. The van der Waals surface area contributed by atoms with Gasteiger partial charge in [0, 0.05) is 0 Å². The fraction of sp³-hybridized carbons (Fsp3) is 0.0833. The molecule has 2 aromatic carbocycles. The van der Waals surface area contributed by atoms with Gasteiger partial charge in [-0.05, 0) is 23.0 Å². The van der Waals surface area contributed by atoms with E-state index in [0.717, 1.165) is 28.0 Å². The van der Waals surface area contributed by atoms with Crippen molar-refractivity contribution in [2.24, 2.45) is 0 Å². The van der Waals surface area contributed by atoms with E-state index in [-0.39, 0.29) is 0 Å². The highest BCUT2D eigenvalue weighted by molar-refractivity contribution is 5.81. The minimum absolute atomic E-state index is 0.570. The van der Waals surface area contributed by atoms with E-state index in [0.29, 0.717) is 23.6 Å². The summed E-state index contributed by atoms with van der Waals surface area (Å²) in [6.07, 6.45) is 7.27. The Balaban J connectivity index is 1.84. The number of ether oxygens (including phenoxy) is 1. The van der Waals surface area contributed by atoms with Gasteiger partial charge in [0.25, 0.3) is 0 Å². The Morgan fingerprint density at radius 3 is 2.07 bits per heavy atom. The maximum atomic E-state index is 6.17. The molecule has 0 saturated carbocycles. The lowest BCUT2D eigenvalue weighted by atomic mass is 10.00. The van der Waals surface area contributed by atoms with Gasteiger partial charge >= 0.3 is 5.82 Å². The number of nitrogens with one attached hydrogen (secondary N) is 1. The average Bonchev–Trinajstić information content (AvgIpc) is 3.30. The van der Waals surface area contributed by atoms with Gasteiger partial charge in [-0.1, -0.05) is 60.7 Å². The second-order valence-corrected chi connectivity index (χ2v) is 6.78. The third-order valence-corrected chi connectivity index (χ3v) is 4.93. The molecule has 6 nitrogen and oxygen atoms in total. The first-order valence-electron chi connectivity index (χ1n) is 9.82. The Kier molecular flexibility index (Phi) is 4.65. The van der Waals surface area contributed by atoms with Gasteiger partial charge in [0.2, 0.25) is 11.8 Å². The predicted molar refractivity (Wildman–Crippen MR) is 115 cm³/mol. The van der Waals surface area contributed by atoms with Crippen LogP contribution in [-0.4, -0.2) is 26.5 Å². The first kappa shape index (κ1) is 18.0. The molecular weight excluding hydrogens is 374 g/mol. The van der Waals surface area contributed by atoms with Crippen LogP contribution in [0.25, 0.3) is 39.2 Å². The first-order chi connectivity index (χ1) is 14.8. The summed E-state index contributed by atoms with van der Waals surface area (Å²) >= 11 is 0. The molecule has 0 fully saturated rings. The summed E-state index contributed by atoms with van der Waals surface area (Å²) < 4.78 is 8.17. The smallest absolute Gasteiger partial charge is 0.359 e. The molecule has 0 amide bonds. The van der Waals surface area contributed by atoms with Crippen LogP contribution in [0.5, 0.6) is 5.75 Å². The van der Waals surface area contributed by atoms with Crippen molar-refractivity contribution in [2.75, 3.05) is 6.61 Å². The van der Waals surface area contributed by atoms with Crippen LogP contribution in [0, 0.1) is 0 Å². The quantitative estimate of drug-likeness (QED) is 0.450. The van der Waals surface area contributed by atoms with E-state index in [4.69, 9.17) is 4.74 Å². The van der Waals surface area contributed by atoms with Gasteiger partial charge in [-0.25, -0.2) is 4.98 Å². The van der Waals surface area contributed by atoms with E-state index in [1.165, 1.54) is 0 Å². The number of aromatic amines is 1. The summed E-state index contributed by atoms with van der Waals surface area (Å²) in [5, 5.41) is 0. The third kappa shape index (κ3) is 3.18. The molecule has 0 saturated heterocycles. The number of aromatic nitrogens is 5. The maximum absolute atomic E-state index is 6.17. The Hall–Kier alpha value is -4.06. The number of fused-ring (bicyclic) bond motifs is 1. The van der Waals surface area contributed by atoms with Crippen LogP contribution in [0.15, 0.2) is 85.7 Å². The van der Waals surface area contributed by atoms with Gasteiger partial charge in [0.05, 0.1) is 24.1 Å². The van der Waals surface area contributed by atoms with Crippen LogP contribution in [0.3, 0.4) is 0 Å². The molecule has 0 bridgehead atoms. The van der Waals surface area contributed by atoms with Crippen LogP contribution in [0.4, 0.5) is 0 Å². The minimum Gasteiger partial charge on any atom is -0.492 e. The summed E-state index contributed by atoms with van der Waals surface area (Å²) in [6, 6.07) is 20.5. The van der Waals surface area contributed by atoms with Gasteiger partial charge in [-0.2, -0.15) is 9.55 Å². The van der Waals surface area contributed by atoms with E-state index >= 15 is 0 Å². The molecule has 1 N–H and O–H groups in total. The van der Waals surface area contributed by atoms with E-state index in [2.05, 4.69) is 44.2 Å². The molecule has 5 rings (SSSR count). The van der Waals surface area contributed by atoms with E-state index in [1.54, 1.807) is 12.7 Å². The van der Waals surface area contributed by atoms with Crippen LogP contribution in [-0.2, 0) is 0 Å². The summed E-state index contributed by atoms with van der Waals surface area (Å²) in [5.41, 5.74) is 5.52. The minimum atomic E-state index is 0.570. The molecule has 146 valence electrons. The van der Waals surface area contributed by atoms with E-state index in [9.17, 15) is 0 Å². The molecule has 0 spiro atoms. The van der Waals surface area contributed by atoms with Crippen LogP contribution in [0.2, 0.25) is 0 Å². The number of pyridine rings is 1. The highest BCUT2D eigenvalue weighted by atomic mass is 16.5. The number of imidazole rings is 1. The van der Waals surface area contributed by atoms with Crippen molar-refractivity contribution in [1.29, 1.82) is 0 Å². The second-order valence-electron chi connectivity index (χ2n) is 6.78. The van der Waals surface area contributed by atoms with Crippen molar-refractivity contribution in [3.8, 4) is 33.8 Å². The zero-order valence-corrected chi connectivity index (χ0v) is 16.5. The Labute approximate surface area is 173 Å². The van der Waals surface area contributed by atoms with Crippen LogP contribution in [0.1, 0.15) is 6.92 Å². The molecule has 0 aliphatic heterocycles. The van der Waals surface area contributed by atoms with Gasteiger partial charge < -0.3 is 9.72 Å². The zero-order chi connectivity index (χ0) is 20.3. The summed E-state index contributed by atoms with van der Waals surface area (Å²) in [4.78, 5) is 16.3. The molecule has 0 unspecified atom stereocenters. The number of H-pyrrole nitrogens is 1.